The minimum atomic E-state index is -0.374. The average molecular weight is 344 g/mol. The molecular formula is C18H21FN4O2. The van der Waals surface area contributed by atoms with Crippen LogP contribution in [0.4, 0.5) is 4.39 Å². The summed E-state index contributed by atoms with van der Waals surface area (Å²) in [4.78, 5) is 25.9. The van der Waals surface area contributed by atoms with Crippen molar-refractivity contribution in [1.82, 2.24) is 14.7 Å². The molecule has 6 nitrogen and oxygen atoms in total. The maximum atomic E-state index is 13.2. The Balaban J connectivity index is 1.93. The third kappa shape index (κ3) is 3.26. The van der Waals surface area contributed by atoms with E-state index in [9.17, 15) is 14.0 Å². The number of nitrogens with zero attached hydrogens (tertiary/aromatic N) is 3. The summed E-state index contributed by atoms with van der Waals surface area (Å²) in [7, 11) is 0. The van der Waals surface area contributed by atoms with E-state index in [0.717, 1.165) is 5.69 Å². The molecule has 0 unspecified atom stereocenters. The van der Waals surface area contributed by atoms with Gasteiger partial charge < -0.3 is 10.6 Å². The molecule has 1 aliphatic rings. The second-order valence-corrected chi connectivity index (χ2v) is 6.63. The van der Waals surface area contributed by atoms with Crippen LogP contribution in [0.3, 0.4) is 0 Å². The van der Waals surface area contributed by atoms with Crippen LogP contribution in [0, 0.1) is 11.7 Å². The number of carbonyl (C=O) groups excluding carboxylic acids is 2. The molecule has 2 amide bonds. The van der Waals surface area contributed by atoms with E-state index >= 15 is 0 Å². The molecule has 7 heteroatoms. The van der Waals surface area contributed by atoms with Crippen molar-refractivity contribution in [3.63, 3.8) is 0 Å². The van der Waals surface area contributed by atoms with Gasteiger partial charge in [0.05, 0.1) is 29.1 Å². The van der Waals surface area contributed by atoms with E-state index in [-0.39, 0.29) is 29.5 Å². The number of amides is 2. The standard InChI is InChI=1S/C18H21FN4O2/c1-11(2)16-15(18(25)22-8-7-12(10-22)17(20)24)9-21-23(16)14-5-3-13(19)4-6-14/h3-6,9,11-12H,7-8,10H2,1-2H3,(H2,20,24)/t12-/m0/s1. The Hall–Kier alpha value is -2.70. The lowest BCUT2D eigenvalue weighted by Gasteiger charge is -2.18. The van der Waals surface area contributed by atoms with Crippen molar-refractivity contribution >= 4 is 11.8 Å². The summed E-state index contributed by atoms with van der Waals surface area (Å²) in [5.41, 5.74) is 7.31. The van der Waals surface area contributed by atoms with Gasteiger partial charge >= 0.3 is 0 Å². The molecule has 0 aliphatic carbocycles. The Bertz CT molecular complexity index is 798. The first-order valence-electron chi connectivity index (χ1n) is 8.31. The maximum Gasteiger partial charge on any atom is 0.257 e. The number of likely N-dealkylation sites (tertiary alicyclic amines) is 1. The minimum Gasteiger partial charge on any atom is -0.369 e. The van der Waals surface area contributed by atoms with Gasteiger partial charge in [-0.1, -0.05) is 13.8 Å². The first-order chi connectivity index (χ1) is 11.9. The van der Waals surface area contributed by atoms with Crippen molar-refractivity contribution in [3.05, 3.63) is 47.5 Å². The third-order valence-corrected chi connectivity index (χ3v) is 4.53. The second-order valence-electron chi connectivity index (χ2n) is 6.63. The van der Waals surface area contributed by atoms with E-state index in [0.29, 0.717) is 30.8 Å². The lowest BCUT2D eigenvalue weighted by molar-refractivity contribution is -0.121. The lowest BCUT2D eigenvalue weighted by atomic mass is 10.0. The fraction of sp³-hybridized carbons (Fsp3) is 0.389. The SMILES string of the molecule is CC(C)c1c(C(=O)N2CC[C@H](C(N)=O)C2)cnn1-c1ccc(F)cc1. The smallest absolute Gasteiger partial charge is 0.257 e. The van der Waals surface area contributed by atoms with Crippen LogP contribution in [0.25, 0.3) is 5.69 Å². The molecule has 25 heavy (non-hydrogen) atoms. The summed E-state index contributed by atoms with van der Waals surface area (Å²) in [6, 6.07) is 5.98. The first-order valence-corrected chi connectivity index (χ1v) is 8.31. The number of rotatable bonds is 4. The van der Waals surface area contributed by atoms with Gasteiger partial charge in [-0.15, -0.1) is 0 Å². The van der Waals surface area contributed by atoms with Gasteiger partial charge in [0.1, 0.15) is 5.82 Å². The van der Waals surface area contributed by atoms with Gasteiger partial charge in [0.15, 0.2) is 0 Å². The van der Waals surface area contributed by atoms with Crippen LogP contribution in [0.15, 0.2) is 30.5 Å². The number of aromatic nitrogens is 2. The topological polar surface area (TPSA) is 81.2 Å². The van der Waals surface area contributed by atoms with Crippen LogP contribution in [0.1, 0.15) is 42.2 Å². The van der Waals surface area contributed by atoms with Crippen LogP contribution in [0.2, 0.25) is 0 Å². The Morgan fingerprint density at radius 1 is 1.28 bits per heavy atom. The molecule has 0 radical (unpaired) electrons. The van der Waals surface area contributed by atoms with Gasteiger partial charge in [-0.2, -0.15) is 5.10 Å². The quantitative estimate of drug-likeness (QED) is 0.922. The molecule has 1 aromatic carbocycles. The summed E-state index contributed by atoms with van der Waals surface area (Å²) in [6.45, 7) is 4.80. The Morgan fingerprint density at radius 2 is 1.96 bits per heavy atom. The maximum absolute atomic E-state index is 13.2. The summed E-state index contributed by atoms with van der Waals surface area (Å²) in [5.74, 6) is -1.10. The van der Waals surface area contributed by atoms with Gasteiger partial charge in [0, 0.05) is 13.1 Å². The zero-order valence-corrected chi connectivity index (χ0v) is 14.3. The minimum absolute atomic E-state index is 0.0426. The van der Waals surface area contributed by atoms with Crippen LogP contribution in [0.5, 0.6) is 0 Å². The van der Waals surface area contributed by atoms with E-state index < -0.39 is 0 Å². The first kappa shape index (κ1) is 17.1. The molecular weight excluding hydrogens is 323 g/mol. The summed E-state index contributed by atoms with van der Waals surface area (Å²) < 4.78 is 14.8. The predicted octanol–water partition coefficient (Wildman–Crippen LogP) is 2.08. The molecule has 0 saturated carbocycles. The molecule has 1 saturated heterocycles. The van der Waals surface area contributed by atoms with Crippen molar-refractivity contribution in [2.45, 2.75) is 26.2 Å². The molecule has 3 rings (SSSR count). The summed E-state index contributed by atoms with van der Waals surface area (Å²) in [6.07, 6.45) is 2.13. The van der Waals surface area contributed by atoms with E-state index in [1.165, 1.54) is 12.1 Å². The summed E-state index contributed by atoms with van der Waals surface area (Å²) >= 11 is 0. The monoisotopic (exact) mass is 344 g/mol. The van der Waals surface area contributed by atoms with Crippen molar-refractivity contribution < 1.29 is 14.0 Å². The second kappa shape index (κ2) is 6.66. The molecule has 0 bridgehead atoms. The van der Waals surface area contributed by atoms with Crippen LogP contribution in [-0.4, -0.2) is 39.6 Å². The lowest BCUT2D eigenvalue weighted by Crippen LogP contribution is -2.32. The summed E-state index contributed by atoms with van der Waals surface area (Å²) in [5, 5.41) is 4.34. The molecule has 2 heterocycles. The van der Waals surface area contributed by atoms with Gasteiger partial charge in [0.2, 0.25) is 5.91 Å². The van der Waals surface area contributed by atoms with Gasteiger partial charge in [0.25, 0.3) is 5.91 Å². The molecule has 132 valence electrons. The predicted molar refractivity (Wildman–Crippen MR) is 90.8 cm³/mol. The van der Waals surface area contributed by atoms with Crippen molar-refractivity contribution in [2.75, 3.05) is 13.1 Å². The number of hydrogen-bond acceptors (Lipinski definition) is 3. The largest absolute Gasteiger partial charge is 0.369 e. The van der Waals surface area contributed by atoms with E-state index in [1.807, 2.05) is 13.8 Å². The Kier molecular flexibility index (Phi) is 4.57. The number of primary amides is 1. The highest BCUT2D eigenvalue weighted by atomic mass is 19.1. The van der Waals surface area contributed by atoms with Crippen LogP contribution in [-0.2, 0) is 4.79 Å². The molecule has 2 N–H and O–H groups in total. The number of halogens is 1. The molecule has 0 spiro atoms. The van der Waals surface area contributed by atoms with Gasteiger partial charge in [-0.3, -0.25) is 9.59 Å². The van der Waals surface area contributed by atoms with E-state index in [2.05, 4.69) is 5.10 Å². The van der Waals surface area contributed by atoms with E-state index in [4.69, 9.17) is 5.73 Å². The Morgan fingerprint density at radius 3 is 2.52 bits per heavy atom. The van der Waals surface area contributed by atoms with Crippen molar-refractivity contribution in [1.29, 1.82) is 0 Å². The molecule has 1 fully saturated rings. The van der Waals surface area contributed by atoms with Crippen molar-refractivity contribution in [3.8, 4) is 5.69 Å². The zero-order chi connectivity index (χ0) is 18.1. The fourth-order valence-corrected chi connectivity index (χ4v) is 3.21. The van der Waals surface area contributed by atoms with Crippen molar-refractivity contribution in [2.24, 2.45) is 11.7 Å². The van der Waals surface area contributed by atoms with Crippen LogP contribution >= 0.6 is 0 Å². The zero-order valence-electron chi connectivity index (χ0n) is 14.3. The van der Waals surface area contributed by atoms with E-state index in [1.54, 1.807) is 27.9 Å². The highest BCUT2D eigenvalue weighted by Gasteiger charge is 2.32. The highest BCUT2D eigenvalue weighted by Crippen LogP contribution is 2.26. The number of nitrogens with two attached hydrogens (primary N) is 1. The normalized spacial score (nSPS) is 17.3. The van der Waals surface area contributed by atoms with Gasteiger partial charge in [-0.25, -0.2) is 9.07 Å². The number of carbonyl (C=O) groups is 2. The number of hydrogen-bond donors (Lipinski definition) is 1. The molecule has 1 aromatic heterocycles. The van der Waals surface area contributed by atoms with Gasteiger partial charge in [-0.05, 0) is 36.6 Å². The Labute approximate surface area is 145 Å². The molecule has 1 atom stereocenters. The molecule has 1 aliphatic heterocycles. The number of benzene rings is 1. The average Bonchev–Trinajstić information content (AvgIpc) is 3.22. The fourth-order valence-electron chi connectivity index (χ4n) is 3.21. The molecule has 2 aromatic rings. The van der Waals surface area contributed by atoms with Crippen LogP contribution < -0.4 is 5.73 Å². The third-order valence-electron chi connectivity index (χ3n) is 4.53. The highest BCUT2D eigenvalue weighted by molar-refractivity contribution is 5.96.